The molecule has 1 unspecified atom stereocenters. The molecule has 0 aromatic heterocycles. The molecule has 3 nitrogen and oxygen atoms in total. The van der Waals surface area contributed by atoms with Gasteiger partial charge in [-0.2, -0.15) is 0 Å². The van der Waals surface area contributed by atoms with Gasteiger partial charge in [0.15, 0.2) is 5.78 Å². The van der Waals surface area contributed by atoms with E-state index in [9.17, 15) is 9.59 Å². The summed E-state index contributed by atoms with van der Waals surface area (Å²) in [7, 11) is 0. The number of nitrogens with one attached hydrogen (secondary N) is 1. The van der Waals surface area contributed by atoms with Gasteiger partial charge in [-0.25, -0.2) is 0 Å². The van der Waals surface area contributed by atoms with Crippen molar-refractivity contribution < 1.29 is 9.59 Å². The maximum Gasteiger partial charge on any atom is 0.237 e. The zero-order valence-corrected chi connectivity index (χ0v) is 12.6. The van der Waals surface area contributed by atoms with E-state index in [4.69, 9.17) is 0 Å². The fourth-order valence-electron chi connectivity index (χ4n) is 1.77. The van der Waals surface area contributed by atoms with E-state index in [-0.39, 0.29) is 16.5 Å². The molecule has 2 aromatic rings. The first kappa shape index (κ1) is 14.5. The minimum atomic E-state index is -0.317. The van der Waals surface area contributed by atoms with Crippen LogP contribution >= 0.6 is 15.9 Å². The van der Waals surface area contributed by atoms with Crippen molar-refractivity contribution in [3.8, 4) is 0 Å². The summed E-state index contributed by atoms with van der Waals surface area (Å²) >= 11 is 3.21. The summed E-state index contributed by atoms with van der Waals surface area (Å²) < 4.78 is 0. The molecule has 1 atom stereocenters. The lowest BCUT2D eigenvalue weighted by atomic mass is 10.0. The summed E-state index contributed by atoms with van der Waals surface area (Å²) in [4.78, 5) is 23.9. The van der Waals surface area contributed by atoms with E-state index in [1.54, 1.807) is 43.3 Å². The molecule has 2 rings (SSSR count). The van der Waals surface area contributed by atoms with E-state index in [1.165, 1.54) is 0 Å². The van der Waals surface area contributed by atoms with Gasteiger partial charge in [-0.1, -0.05) is 58.4 Å². The van der Waals surface area contributed by atoms with Crippen LogP contribution in [0.2, 0.25) is 0 Å². The number of rotatable bonds is 4. The molecule has 0 aliphatic heterocycles. The average molecular weight is 332 g/mol. The number of ketones is 1. The third-order valence-corrected chi connectivity index (χ3v) is 3.24. The summed E-state index contributed by atoms with van der Waals surface area (Å²) in [5.74, 6) is -0.290. The van der Waals surface area contributed by atoms with Gasteiger partial charge in [0.25, 0.3) is 0 Å². The zero-order valence-electron chi connectivity index (χ0n) is 11.0. The molecule has 1 amide bonds. The van der Waals surface area contributed by atoms with Gasteiger partial charge < -0.3 is 5.32 Å². The Morgan fingerprint density at radius 2 is 1.60 bits per heavy atom. The minimum absolute atomic E-state index is 0.108. The zero-order chi connectivity index (χ0) is 14.5. The molecule has 0 aliphatic carbocycles. The van der Waals surface area contributed by atoms with Gasteiger partial charge in [-0.3, -0.25) is 9.59 Å². The maximum absolute atomic E-state index is 12.5. The van der Waals surface area contributed by atoms with Crippen LogP contribution in [0.3, 0.4) is 0 Å². The second-order valence-corrected chi connectivity index (χ2v) is 5.72. The third kappa shape index (κ3) is 3.33. The van der Waals surface area contributed by atoms with Crippen LogP contribution in [0.5, 0.6) is 0 Å². The van der Waals surface area contributed by atoms with Gasteiger partial charge in [-0.15, -0.1) is 0 Å². The molecule has 102 valence electrons. The summed E-state index contributed by atoms with van der Waals surface area (Å²) in [6.07, 6.45) is 0. The molecule has 0 heterocycles. The summed E-state index contributed by atoms with van der Waals surface area (Å²) in [6, 6.07) is 16.0. The molecule has 0 aliphatic rings. The molecule has 2 aromatic carbocycles. The Morgan fingerprint density at radius 1 is 1.00 bits per heavy atom. The van der Waals surface area contributed by atoms with Crippen LogP contribution in [0.1, 0.15) is 22.8 Å². The van der Waals surface area contributed by atoms with Crippen LogP contribution < -0.4 is 5.32 Å². The van der Waals surface area contributed by atoms with E-state index in [0.717, 1.165) is 0 Å². The van der Waals surface area contributed by atoms with Crippen LogP contribution in [0.4, 0.5) is 5.69 Å². The number of para-hydroxylation sites is 1. The number of amides is 1. The van der Waals surface area contributed by atoms with E-state index >= 15 is 0 Å². The van der Waals surface area contributed by atoms with Crippen molar-refractivity contribution in [1.82, 2.24) is 0 Å². The lowest BCUT2D eigenvalue weighted by molar-refractivity contribution is -0.115. The van der Waals surface area contributed by atoms with Crippen LogP contribution in [0.15, 0.2) is 54.6 Å². The molecular formula is C16H14BrNO2. The molecule has 0 bridgehead atoms. The highest BCUT2D eigenvalue weighted by atomic mass is 79.9. The summed E-state index contributed by atoms with van der Waals surface area (Å²) in [5, 5.41) is 2.75. The molecule has 0 spiro atoms. The Balaban J connectivity index is 2.33. The fraction of sp³-hybridized carbons (Fsp3) is 0.125. The van der Waals surface area contributed by atoms with Gasteiger partial charge in [0.1, 0.15) is 0 Å². The van der Waals surface area contributed by atoms with Gasteiger partial charge >= 0.3 is 0 Å². The lowest BCUT2D eigenvalue weighted by Crippen LogP contribution is -2.21. The number of alkyl halides is 1. The fourth-order valence-corrected chi connectivity index (χ4v) is 1.88. The normalized spacial score (nSPS) is 11.7. The van der Waals surface area contributed by atoms with Gasteiger partial charge in [-0.05, 0) is 19.1 Å². The van der Waals surface area contributed by atoms with Gasteiger partial charge in [0.2, 0.25) is 5.91 Å². The number of hydrogen-bond acceptors (Lipinski definition) is 2. The first-order chi connectivity index (χ1) is 9.59. The van der Waals surface area contributed by atoms with E-state index in [1.807, 2.05) is 18.2 Å². The number of hydrogen-bond donors (Lipinski definition) is 1. The smallest absolute Gasteiger partial charge is 0.237 e. The molecule has 0 saturated carbocycles. The Hall–Kier alpha value is -1.94. The quantitative estimate of drug-likeness (QED) is 0.686. The highest BCUT2D eigenvalue weighted by Gasteiger charge is 2.16. The minimum Gasteiger partial charge on any atom is -0.324 e. The summed E-state index contributed by atoms with van der Waals surface area (Å²) in [5.41, 5.74) is 1.61. The second kappa shape index (κ2) is 6.48. The number of halogens is 1. The number of carbonyl (C=O) groups is 2. The maximum atomic E-state index is 12.5. The van der Waals surface area contributed by atoms with Crippen LogP contribution in [-0.4, -0.2) is 16.5 Å². The predicted octanol–water partition coefficient (Wildman–Crippen LogP) is 3.64. The van der Waals surface area contributed by atoms with Gasteiger partial charge in [0.05, 0.1) is 10.5 Å². The van der Waals surface area contributed by atoms with Crippen LogP contribution in [0.25, 0.3) is 0 Å². The highest BCUT2D eigenvalue weighted by Crippen LogP contribution is 2.20. The van der Waals surface area contributed by atoms with E-state index < -0.39 is 0 Å². The molecule has 1 N–H and O–H groups in total. The Kier molecular flexibility index (Phi) is 4.69. The number of benzene rings is 2. The lowest BCUT2D eigenvalue weighted by Gasteiger charge is -2.11. The van der Waals surface area contributed by atoms with Crippen molar-refractivity contribution >= 4 is 33.3 Å². The molecular weight excluding hydrogens is 318 g/mol. The average Bonchev–Trinajstić information content (AvgIpc) is 2.48. The molecule has 20 heavy (non-hydrogen) atoms. The number of carbonyl (C=O) groups excluding carboxylic acids is 2. The Labute approximate surface area is 126 Å². The van der Waals surface area contributed by atoms with Crippen molar-refractivity contribution in [1.29, 1.82) is 0 Å². The Morgan fingerprint density at radius 3 is 2.25 bits per heavy atom. The number of anilines is 1. The molecule has 0 fully saturated rings. The third-order valence-electron chi connectivity index (χ3n) is 2.83. The molecule has 4 heteroatoms. The summed E-state index contributed by atoms with van der Waals surface area (Å²) in [6.45, 7) is 1.73. The van der Waals surface area contributed by atoms with E-state index in [0.29, 0.717) is 16.8 Å². The Bertz CT molecular complexity index is 623. The van der Waals surface area contributed by atoms with E-state index in [2.05, 4.69) is 21.2 Å². The monoisotopic (exact) mass is 331 g/mol. The largest absolute Gasteiger partial charge is 0.324 e. The topological polar surface area (TPSA) is 46.2 Å². The first-order valence-corrected chi connectivity index (χ1v) is 7.15. The van der Waals surface area contributed by atoms with Crippen LogP contribution in [0, 0.1) is 0 Å². The molecule has 0 radical (unpaired) electrons. The van der Waals surface area contributed by atoms with Crippen molar-refractivity contribution in [2.45, 2.75) is 11.8 Å². The van der Waals surface area contributed by atoms with Crippen molar-refractivity contribution in [3.63, 3.8) is 0 Å². The first-order valence-electron chi connectivity index (χ1n) is 6.23. The second-order valence-electron chi connectivity index (χ2n) is 4.35. The van der Waals surface area contributed by atoms with Crippen molar-refractivity contribution in [2.75, 3.05) is 5.32 Å². The SMILES string of the molecule is CC(Br)C(=O)Nc1ccccc1C(=O)c1ccccc1. The van der Waals surface area contributed by atoms with Gasteiger partial charge in [0, 0.05) is 11.1 Å². The van der Waals surface area contributed by atoms with Crippen LogP contribution in [-0.2, 0) is 4.79 Å². The standard InChI is InChI=1S/C16H14BrNO2/c1-11(17)16(20)18-14-10-6-5-9-13(14)15(19)12-7-3-2-4-8-12/h2-11H,1H3,(H,18,20). The van der Waals surface area contributed by atoms with Crippen molar-refractivity contribution in [3.05, 3.63) is 65.7 Å². The highest BCUT2D eigenvalue weighted by molar-refractivity contribution is 9.10. The van der Waals surface area contributed by atoms with Crippen molar-refractivity contribution in [2.24, 2.45) is 0 Å². The predicted molar refractivity (Wildman–Crippen MR) is 83.3 cm³/mol. The molecule has 0 saturated heterocycles.